The maximum atomic E-state index is 12.2. The molecule has 241 valence electrons. The maximum absolute atomic E-state index is 12.2. The predicted octanol–water partition coefficient (Wildman–Crippen LogP) is 10.5. The third-order valence-corrected chi connectivity index (χ3v) is 9.81. The number of ketones is 1. The van der Waals surface area contributed by atoms with Crippen LogP contribution in [0.5, 0.6) is 0 Å². The smallest absolute Gasteiger partial charge is 0.216 e. The minimum absolute atomic E-state index is 0. The molecule has 3 heterocycles. The number of aryl methyl sites for hydroxylation is 1. The van der Waals surface area contributed by atoms with Gasteiger partial charge in [0.2, 0.25) is 5.71 Å². The van der Waals surface area contributed by atoms with Gasteiger partial charge in [0.1, 0.15) is 12.1 Å². The summed E-state index contributed by atoms with van der Waals surface area (Å²) in [4.78, 5) is 25.9. The fourth-order valence-electron chi connectivity index (χ4n) is 5.57. The molecule has 6 nitrogen and oxygen atoms in total. The van der Waals surface area contributed by atoms with Crippen LogP contribution in [0.3, 0.4) is 0 Å². The number of carbonyl (C=O) groups excluding carboxylic acids is 1. The normalized spacial score (nSPS) is 12.3. The topological polar surface area (TPSA) is 89.1 Å². The second-order valence-electron chi connectivity index (χ2n) is 12.3. The Kier molecular flexibility index (Phi) is 10.8. The van der Waals surface area contributed by atoms with Gasteiger partial charge in [-0.25, -0.2) is 9.97 Å². The first-order valence-electron chi connectivity index (χ1n) is 15.9. The first kappa shape index (κ1) is 34.9. The SMILES string of the molecule is CCC(C)(CC)C(=O)/C=C(\O)C(C)(CC)CC.Cc1ccc2c(n1)oc1c(-c3ncnc4c3ccc3ccccc34)[c-]ccc12.[Ir]. The van der Waals surface area contributed by atoms with E-state index < -0.39 is 0 Å². The predicted molar refractivity (Wildman–Crippen MR) is 184 cm³/mol. The minimum Gasteiger partial charge on any atom is -0.512 e. The van der Waals surface area contributed by atoms with Crippen LogP contribution < -0.4 is 0 Å². The van der Waals surface area contributed by atoms with Gasteiger partial charge >= 0.3 is 0 Å². The van der Waals surface area contributed by atoms with E-state index in [1.165, 1.54) is 6.08 Å². The van der Waals surface area contributed by atoms with E-state index in [-0.39, 0.29) is 42.5 Å². The van der Waals surface area contributed by atoms with Crippen LogP contribution in [0.4, 0.5) is 0 Å². The first-order chi connectivity index (χ1) is 21.6. The molecule has 0 aliphatic carbocycles. The fourth-order valence-corrected chi connectivity index (χ4v) is 5.57. The van der Waals surface area contributed by atoms with Crippen LogP contribution >= 0.6 is 0 Å². The second kappa shape index (κ2) is 14.2. The number of hydrogen-bond acceptors (Lipinski definition) is 6. The van der Waals surface area contributed by atoms with Gasteiger partial charge in [-0.3, -0.25) is 9.78 Å². The second-order valence-corrected chi connectivity index (χ2v) is 12.3. The van der Waals surface area contributed by atoms with Crippen LogP contribution in [0.25, 0.3) is 55.0 Å². The van der Waals surface area contributed by atoms with E-state index in [1.54, 1.807) is 6.33 Å². The van der Waals surface area contributed by atoms with Crippen LogP contribution in [0, 0.1) is 23.8 Å². The molecule has 0 aliphatic heterocycles. The Morgan fingerprint density at radius 3 is 2.22 bits per heavy atom. The van der Waals surface area contributed by atoms with Gasteiger partial charge in [-0.1, -0.05) is 88.9 Å². The number of pyridine rings is 1. The summed E-state index contributed by atoms with van der Waals surface area (Å²) < 4.78 is 6.15. The summed E-state index contributed by atoms with van der Waals surface area (Å²) in [7, 11) is 0. The Morgan fingerprint density at radius 1 is 0.848 bits per heavy atom. The summed E-state index contributed by atoms with van der Waals surface area (Å²) in [6.07, 6.45) is 6.37. The molecule has 0 atom stereocenters. The molecule has 6 rings (SSSR count). The van der Waals surface area contributed by atoms with Crippen molar-refractivity contribution in [3.63, 3.8) is 0 Å². The zero-order valence-electron chi connectivity index (χ0n) is 27.7. The molecule has 3 aromatic heterocycles. The molecule has 0 spiro atoms. The number of fused-ring (bicyclic) bond motifs is 6. The molecular weight excluding hydrogens is 751 g/mol. The third-order valence-electron chi connectivity index (χ3n) is 9.81. The summed E-state index contributed by atoms with van der Waals surface area (Å²) in [5.41, 5.74) is 4.29. The van der Waals surface area contributed by atoms with E-state index in [0.29, 0.717) is 5.71 Å². The number of nitrogens with zero attached hydrogens (tertiary/aromatic N) is 3. The van der Waals surface area contributed by atoms with Gasteiger partial charge in [-0.05, 0) is 55.5 Å². The van der Waals surface area contributed by atoms with Gasteiger partial charge in [0, 0.05) is 59.2 Å². The monoisotopic (exact) mass is 793 g/mol. The molecule has 0 saturated heterocycles. The van der Waals surface area contributed by atoms with Crippen molar-refractivity contribution in [2.24, 2.45) is 10.8 Å². The van der Waals surface area contributed by atoms with Crippen molar-refractivity contribution in [1.82, 2.24) is 15.0 Å². The first-order valence-corrected chi connectivity index (χ1v) is 15.9. The standard InChI is InChI=1S/C24H14N3O.C15H28O2.Ir/c1-14-9-11-18-17-7-4-8-20(23(17)28-24(18)27-14)22-19-12-10-15-5-2-3-6-16(15)21(19)25-13-26-22;1-7-14(5,8-2)12(16)11-13(17)15(6,9-3)10-4;/h2-7,9-13H,1H3;11,16H,7-10H2,1-6H3;/q-1;;/b;12-11-;. The summed E-state index contributed by atoms with van der Waals surface area (Å²) in [6.45, 7) is 14.0. The zero-order valence-corrected chi connectivity index (χ0v) is 30.1. The summed E-state index contributed by atoms with van der Waals surface area (Å²) >= 11 is 0. The zero-order chi connectivity index (χ0) is 32.4. The van der Waals surface area contributed by atoms with Gasteiger partial charge in [0.15, 0.2) is 5.78 Å². The van der Waals surface area contributed by atoms with E-state index in [0.717, 1.165) is 80.7 Å². The van der Waals surface area contributed by atoms with E-state index in [4.69, 9.17) is 4.42 Å². The van der Waals surface area contributed by atoms with E-state index >= 15 is 0 Å². The third kappa shape index (κ3) is 6.49. The van der Waals surface area contributed by atoms with Crippen LogP contribution in [-0.4, -0.2) is 25.8 Å². The Morgan fingerprint density at radius 2 is 1.52 bits per heavy atom. The van der Waals surface area contributed by atoms with E-state index in [2.05, 4.69) is 51.4 Å². The average molecular weight is 793 g/mol. The van der Waals surface area contributed by atoms with Crippen molar-refractivity contribution in [2.75, 3.05) is 0 Å². The van der Waals surface area contributed by atoms with Crippen LogP contribution in [0.1, 0.15) is 72.9 Å². The molecular formula is C39H42IrN3O3-. The largest absolute Gasteiger partial charge is 0.512 e. The van der Waals surface area contributed by atoms with Crippen molar-refractivity contribution in [3.8, 4) is 11.3 Å². The van der Waals surface area contributed by atoms with E-state index in [9.17, 15) is 9.90 Å². The van der Waals surface area contributed by atoms with Crippen LogP contribution in [-0.2, 0) is 24.9 Å². The maximum Gasteiger partial charge on any atom is 0.216 e. The van der Waals surface area contributed by atoms with Gasteiger partial charge in [-0.15, -0.1) is 18.2 Å². The number of hydrogen-bond donors (Lipinski definition) is 1. The van der Waals surface area contributed by atoms with Gasteiger partial charge in [0.25, 0.3) is 0 Å². The number of aliphatic hydroxyl groups is 1. The molecule has 0 unspecified atom stereocenters. The van der Waals surface area contributed by atoms with Crippen molar-refractivity contribution in [1.29, 1.82) is 0 Å². The number of rotatable bonds is 8. The van der Waals surface area contributed by atoms with Gasteiger partial charge in [-0.2, -0.15) is 0 Å². The molecule has 46 heavy (non-hydrogen) atoms. The number of carbonyl (C=O) groups is 1. The Hall–Kier alpha value is -3.93. The summed E-state index contributed by atoms with van der Waals surface area (Å²) in [5.74, 6) is 0.286. The van der Waals surface area contributed by atoms with Crippen molar-refractivity contribution >= 4 is 49.5 Å². The quantitative estimate of drug-likeness (QED) is 0.0715. The Labute approximate surface area is 284 Å². The summed E-state index contributed by atoms with van der Waals surface area (Å²) in [6, 6.07) is 23.7. The molecule has 1 radical (unpaired) electrons. The van der Waals surface area contributed by atoms with Crippen molar-refractivity contribution in [2.45, 2.75) is 74.1 Å². The average Bonchev–Trinajstić information content (AvgIpc) is 3.45. The summed E-state index contributed by atoms with van der Waals surface area (Å²) in [5, 5.41) is 15.4. The fraction of sp³-hybridized carbons (Fsp3) is 0.333. The van der Waals surface area contributed by atoms with Crippen LogP contribution in [0.15, 0.2) is 83.2 Å². The number of benzene rings is 3. The van der Waals surface area contributed by atoms with Crippen molar-refractivity contribution < 1.29 is 34.4 Å². The molecule has 0 amide bonds. The van der Waals surface area contributed by atoms with Crippen molar-refractivity contribution in [3.05, 3.63) is 90.6 Å². The van der Waals surface area contributed by atoms with E-state index in [1.807, 2.05) is 78.8 Å². The molecule has 6 aromatic rings. The molecule has 1 N–H and O–H groups in total. The molecule has 3 aromatic carbocycles. The molecule has 7 heteroatoms. The Bertz CT molecular complexity index is 2040. The number of furan rings is 1. The molecule has 0 bridgehead atoms. The van der Waals surface area contributed by atoms with Crippen LogP contribution in [0.2, 0.25) is 0 Å². The molecule has 0 saturated carbocycles. The van der Waals surface area contributed by atoms with Gasteiger partial charge in [0.05, 0.1) is 11.1 Å². The van der Waals surface area contributed by atoms with Gasteiger partial charge < -0.3 is 9.52 Å². The number of allylic oxidation sites excluding steroid dienone is 2. The molecule has 0 aliphatic rings. The minimum atomic E-state index is -0.337. The number of aromatic nitrogens is 3. The number of aliphatic hydroxyl groups excluding tert-OH is 1. The Balaban J connectivity index is 0.000000234. The molecule has 0 fully saturated rings.